The number of pyridine rings is 1. The van der Waals surface area contributed by atoms with E-state index in [0.29, 0.717) is 37.2 Å². The Hall–Kier alpha value is -1.03. The first-order valence-corrected chi connectivity index (χ1v) is 7.72. The van der Waals surface area contributed by atoms with E-state index in [2.05, 4.69) is 31.9 Å². The Bertz CT molecular complexity index is 855. The summed E-state index contributed by atoms with van der Waals surface area (Å²) < 4.78 is 8.37. The van der Waals surface area contributed by atoms with Crippen LogP contribution >= 0.6 is 43.5 Å². The summed E-state index contributed by atoms with van der Waals surface area (Å²) in [6, 6.07) is 3.52. The van der Waals surface area contributed by atoms with Crippen molar-refractivity contribution < 1.29 is 4.74 Å². The number of aromatic nitrogens is 1. The summed E-state index contributed by atoms with van der Waals surface area (Å²) >= 11 is 12.9. The van der Waals surface area contributed by atoms with Gasteiger partial charge in [0.1, 0.15) is 18.2 Å². The third kappa shape index (κ3) is 1.73. The second kappa shape index (κ2) is 4.76. The van der Waals surface area contributed by atoms with E-state index in [0.717, 1.165) is 0 Å². The summed E-state index contributed by atoms with van der Waals surface area (Å²) in [5, 5.41) is 10.4. The zero-order chi connectivity index (χ0) is 14.6. The molecule has 0 saturated heterocycles. The third-order valence-corrected chi connectivity index (χ3v) is 5.44. The van der Waals surface area contributed by atoms with Crippen LogP contribution in [0, 0.1) is 11.3 Å². The van der Waals surface area contributed by atoms with Crippen molar-refractivity contribution in [2.45, 2.75) is 13.0 Å². The molecule has 0 fully saturated rings. The number of hydrogen-bond acceptors (Lipinski definition) is 3. The van der Waals surface area contributed by atoms with E-state index in [4.69, 9.17) is 16.3 Å². The number of nitrogens with zero attached hydrogens (tertiary/aromatic N) is 2. The van der Waals surface area contributed by atoms with Gasteiger partial charge in [-0.05, 0) is 44.8 Å². The summed E-state index contributed by atoms with van der Waals surface area (Å²) in [6.45, 7) is 2.23. The Balaban J connectivity index is 2.66. The van der Waals surface area contributed by atoms with E-state index in [1.54, 1.807) is 10.6 Å². The molecule has 1 atom stereocenters. The summed E-state index contributed by atoms with van der Waals surface area (Å²) in [5.41, 5.74) is 0.407. The van der Waals surface area contributed by atoms with Gasteiger partial charge in [0.25, 0.3) is 5.56 Å². The summed E-state index contributed by atoms with van der Waals surface area (Å²) in [6.07, 6.45) is 0. The lowest BCUT2D eigenvalue weighted by Crippen LogP contribution is -2.32. The number of ether oxygens (including phenoxy) is 1. The molecule has 1 aromatic heterocycles. The van der Waals surface area contributed by atoms with E-state index in [-0.39, 0.29) is 17.2 Å². The van der Waals surface area contributed by atoms with Gasteiger partial charge in [-0.3, -0.25) is 9.36 Å². The highest BCUT2D eigenvalue weighted by molar-refractivity contribution is 9.11. The predicted octanol–water partition coefficient (Wildman–Crippen LogP) is 4.00. The van der Waals surface area contributed by atoms with Gasteiger partial charge in [0.05, 0.1) is 25.5 Å². The molecule has 7 heteroatoms. The van der Waals surface area contributed by atoms with E-state index < -0.39 is 0 Å². The van der Waals surface area contributed by atoms with Crippen molar-refractivity contribution in [3.8, 4) is 11.8 Å². The number of nitriles is 1. The Labute approximate surface area is 136 Å². The molecule has 0 spiro atoms. The highest BCUT2D eigenvalue weighted by Crippen LogP contribution is 2.44. The fourth-order valence-electron chi connectivity index (χ4n) is 2.38. The smallest absolute Gasteiger partial charge is 0.270 e. The maximum atomic E-state index is 12.5. The first kappa shape index (κ1) is 13.9. The molecule has 0 unspecified atom stereocenters. The summed E-state index contributed by atoms with van der Waals surface area (Å²) in [7, 11) is 0. The molecule has 0 saturated carbocycles. The van der Waals surface area contributed by atoms with Gasteiger partial charge >= 0.3 is 0 Å². The van der Waals surface area contributed by atoms with Gasteiger partial charge in [-0.1, -0.05) is 11.6 Å². The van der Waals surface area contributed by atoms with Crippen molar-refractivity contribution in [2.75, 3.05) is 6.61 Å². The molecule has 1 aliphatic heterocycles. The monoisotopic (exact) mass is 416 g/mol. The van der Waals surface area contributed by atoms with Crippen LogP contribution in [0.1, 0.15) is 18.5 Å². The summed E-state index contributed by atoms with van der Waals surface area (Å²) in [4.78, 5) is 12.5. The minimum Gasteiger partial charge on any atom is -0.488 e. The van der Waals surface area contributed by atoms with Crippen LogP contribution in [0.4, 0.5) is 0 Å². The lowest BCUT2D eigenvalue weighted by Gasteiger charge is -2.27. The quantitative estimate of drug-likeness (QED) is 0.650. The Kier molecular flexibility index (Phi) is 3.32. The lowest BCUT2D eigenvalue weighted by atomic mass is 10.1. The van der Waals surface area contributed by atoms with Gasteiger partial charge in [0, 0.05) is 5.39 Å². The van der Waals surface area contributed by atoms with Crippen LogP contribution in [0.25, 0.3) is 10.9 Å². The van der Waals surface area contributed by atoms with Gasteiger partial charge in [0.15, 0.2) is 5.75 Å². The molecular formula is C13H7Br2ClN2O2. The molecule has 3 rings (SSSR count). The molecule has 0 bridgehead atoms. The second-order valence-corrected chi connectivity index (χ2v) is 6.53. The van der Waals surface area contributed by atoms with Gasteiger partial charge < -0.3 is 4.74 Å². The van der Waals surface area contributed by atoms with Gasteiger partial charge in [0.2, 0.25) is 0 Å². The van der Waals surface area contributed by atoms with Crippen molar-refractivity contribution in [3.63, 3.8) is 0 Å². The van der Waals surface area contributed by atoms with Crippen molar-refractivity contribution in [2.24, 2.45) is 0 Å². The van der Waals surface area contributed by atoms with Crippen LogP contribution in [0.2, 0.25) is 5.02 Å². The van der Waals surface area contributed by atoms with E-state index in [1.807, 2.05) is 13.0 Å². The standard InChI is InChI=1S/C13H7Br2ClN2O2/c1-5-4-20-12-10(15)8(16)2-6-9(14)7(3-17)13(19)18(5)11(6)12/h2,5H,4H2,1H3/t5-/m0/s1. The third-order valence-electron chi connectivity index (χ3n) is 3.30. The number of benzene rings is 1. The fourth-order valence-corrected chi connectivity index (χ4v) is 3.55. The number of hydrogen-bond donors (Lipinski definition) is 0. The van der Waals surface area contributed by atoms with E-state index >= 15 is 0 Å². The zero-order valence-electron chi connectivity index (χ0n) is 10.2. The molecule has 20 heavy (non-hydrogen) atoms. The van der Waals surface area contributed by atoms with E-state index in [1.165, 1.54) is 0 Å². The van der Waals surface area contributed by atoms with Crippen LogP contribution in [0.3, 0.4) is 0 Å². The molecule has 0 aliphatic carbocycles. The normalized spacial score (nSPS) is 16.9. The van der Waals surface area contributed by atoms with Crippen LogP contribution < -0.4 is 10.3 Å². The fraction of sp³-hybridized carbons (Fsp3) is 0.231. The van der Waals surface area contributed by atoms with Crippen LogP contribution in [0.15, 0.2) is 19.8 Å². The van der Waals surface area contributed by atoms with Gasteiger partial charge in [-0.15, -0.1) is 0 Å². The molecule has 2 heterocycles. The number of rotatable bonds is 0. The van der Waals surface area contributed by atoms with Gasteiger partial charge in [-0.25, -0.2) is 0 Å². The molecule has 0 N–H and O–H groups in total. The maximum absolute atomic E-state index is 12.5. The van der Waals surface area contributed by atoms with Crippen molar-refractivity contribution in [3.05, 3.63) is 36.0 Å². The SMILES string of the molecule is C[C@H]1COc2c(Br)c(Cl)cc3c(Br)c(C#N)c(=O)n1c23. The number of halogens is 3. The molecule has 102 valence electrons. The van der Waals surface area contributed by atoms with Crippen molar-refractivity contribution in [1.82, 2.24) is 4.57 Å². The highest BCUT2D eigenvalue weighted by atomic mass is 79.9. The molecule has 4 nitrogen and oxygen atoms in total. The maximum Gasteiger partial charge on any atom is 0.270 e. The van der Waals surface area contributed by atoms with Crippen molar-refractivity contribution in [1.29, 1.82) is 5.26 Å². The topological polar surface area (TPSA) is 55.0 Å². The molecule has 2 aromatic rings. The minimum absolute atomic E-state index is 0.0792. The zero-order valence-corrected chi connectivity index (χ0v) is 14.1. The average molecular weight is 418 g/mol. The molecule has 0 radical (unpaired) electrons. The Morgan fingerprint density at radius 3 is 2.85 bits per heavy atom. The first-order valence-electron chi connectivity index (χ1n) is 5.76. The summed E-state index contributed by atoms with van der Waals surface area (Å²) in [5.74, 6) is 0.535. The largest absolute Gasteiger partial charge is 0.488 e. The minimum atomic E-state index is -0.321. The molecular weight excluding hydrogens is 411 g/mol. The molecule has 1 aliphatic rings. The van der Waals surface area contributed by atoms with Crippen LogP contribution in [-0.2, 0) is 0 Å². The second-order valence-electron chi connectivity index (χ2n) is 4.53. The highest BCUT2D eigenvalue weighted by Gasteiger charge is 2.27. The van der Waals surface area contributed by atoms with Gasteiger partial charge in [-0.2, -0.15) is 5.26 Å². The molecule has 0 amide bonds. The molecule has 1 aromatic carbocycles. The predicted molar refractivity (Wildman–Crippen MR) is 83.5 cm³/mol. The first-order chi connectivity index (χ1) is 9.47. The lowest BCUT2D eigenvalue weighted by molar-refractivity contribution is 0.243. The van der Waals surface area contributed by atoms with Crippen LogP contribution in [0.5, 0.6) is 5.75 Å². The van der Waals surface area contributed by atoms with E-state index in [9.17, 15) is 10.1 Å². The Morgan fingerprint density at radius 2 is 2.20 bits per heavy atom. The Morgan fingerprint density at radius 1 is 1.50 bits per heavy atom. The van der Waals surface area contributed by atoms with Crippen molar-refractivity contribution >= 4 is 54.4 Å². The van der Waals surface area contributed by atoms with Crippen LogP contribution in [-0.4, -0.2) is 11.2 Å². The average Bonchev–Trinajstić information content (AvgIpc) is 2.41.